The second kappa shape index (κ2) is 7.67. The summed E-state index contributed by atoms with van der Waals surface area (Å²) in [6, 6.07) is 3.88. The van der Waals surface area contributed by atoms with Crippen molar-refractivity contribution in [3.63, 3.8) is 0 Å². The van der Waals surface area contributed by atoms with Gasteiger partial charge in [-0.1, -0.05) is 0 Å². The van der Waals surface area contributed by atoms with Crippen LogP contribution in [0.25, 0.3) is 11.0 Å². The highest BCUT2D eigenvalue weighted by atomic mass is 16.3. The Hall–Kier alpha value is -2.45. The second-order valence-electron chi connectivity index (χ2n) is 8.93. The molecule has 2 aromatic rings. The number of furan rings is 1. The van der Waals surface area contributed by atoms with E-state index in [4.69, 9.17) is 4.42 Å². The summed E-state index contributed by atoms with van der Waals surface area (Å²) in [7, 11) is 2.05. The quantitative estimate of drug-likeness (QED) is 0.823. The van der Waals surface area contributed by atoms with Crippen LogP contribution >= 0.6 is 0 Å². The average Bonchev–Trinajstić information content (AvgIpc) is 3.20. The zero-order valence-corrected chi connectivity index (χ0v) is 17.6. The number of hydrogen-bond donors (Lipinski definition) is 1. The fourth-order valence-electron chi connectivity index (χ4n) is 5.10. The first-order valence-corrected chi connectivity index (χ1v) is 10.9. The zero-order chi connectivity index (χ0) is 20.8. The summed E-state index contributed by atoms with van der Waals surface area (Å²) in [4.78, 5) is 36.5. The van der Waals surface area contributed by atoms with Crippen LogP contribution in [0.1, 0.15) is 40.8 Å². The number of nitrogens with zero attached hydrogens (tertiary/aromatic N) is 4. The highest BCUT2D eigenvalue weighted by Crippen LogP contribution is 2.32. The summed E-state index contributed by atoms with van der Waals surface area (Å²) < 4.78 is 5.83. The van der Waals surface area contributed by atoms with Crippen LogP contribution in [0.5, 0.6) is 0 Å². The van der Waals surface area contributed by atoms with Gasteiger partial charge in [-0.3, -0.25) is 19.5 Å². The number of pyridine rings is 1. The molecule has 30 heavy (non-hydrogen) atoms. The van der Waals surface area contributed by atoms with Crippen molar-refractivity contribution in [2.75, 3.05) is 46.3 Å². The number of fused-ring (bicyclic) bond motifs is 4. The van der Waals surface area contributed by atoms with Crippen LogP contribution in [0, 0.1) is 5.92 Å². The molecule has 4 aliphatic heterocycles. The van der Waals surface area contributed by atoms with E-state index in [1.54, 1.807) is 18.3 Å². The molecule has 2 amide bonds. The smallest absolute Gasteiger partial charge is 0.289 e. The van der Waals surface area contributed by atoms with Crippen LogP contribution in [0.2, 0.25) is 0 Å². The largest absolute Gasteiger partial charge is 0.451 e. The number of piperidine rings is 3. The summed E-state index contributed by atoms with van der Waals surface area (Å²) in [5.74, 6) is 0.561. The summed E-state index contributed by atoms with van der Waals surface area (Å²) in [6.07, 6.45) is 3.89. The Morgan fingerprint density at radius 3 is 2.53 bits per heavy atom. The zero-order valence-electron chi connectivity index (χ0n) is 17.6. The van der Waals surface area contributed by atoms with Gasteiger partial charge in [0.15, 0.2) is 5.76 Å². The molecule has 6 heterocycles. The van der Waals surface area contributed by atoms with Crippen molar-refractivity contribution in [1.82, 2.24) is 25.0 Å². The maximum atomic E-state index is 12.9. The predicted molar refractivity (Wildman–Crippen MR) is 112 cm³/mol. The summed E-state index contributed by atoms with van der Waals surface area (Å²) >= 11 is 0. The fourth-order valence-corrected chi connectivity index (χ4v) is 5.10. The van der Waals surface area contributed by atoms with Crippen molar-refractivity contribution in [1.29, 1.82) is 0 Å². The number of hydrogen-bond acceptors (Lipinski definition) is 6. The van der Waals surface area contributed by atoms with Gasteiger partial charge in [0.25, 0.3) is 11.8 Å². The average molecular weight is 412 g/mol. The van der Waals surface area contributed by atoms with Crippen LogP contribution in [0.15, 0.2) is 22.7 Å². The normalized spacial score (nSPS) is 29.3. The number of nitrogens with one attached hydrogen (secondary N) is 1. The standard InChI is InChI=1S/C22H29N5O3/c1-14-20(15-3-5-26(14)6-4-15)24-21(28)17-12-18-16(13-23-17)11-19(30-18)22(29)27-9-7-25(2)8-10-27/h11-15,20H,3-10H2,1-2H3,(H,24,28)/t14-,20-/m0/s1. The number of amides is 2. The molecule has 4 fully saturated rings. The van der Waals surface area contributed by atoms with E-state index in [2.05, 4.69) is 34.1 Å². The molecule has 2 aromatic heterocycles. The summed E-state index contributed by atoms with van der Waals surface area (Å²) in [5, 5.41) is 3.94. The third-order valence-electron chi connectivity index (χ3n) is 7.11. The Bertz CT molecular complexity index is 955. The van der Waals surface area contributed by atoms with Crippen molar-refractivity contribution in [3.05, 3.63) is 29.8 Å². The molecule has 0 aliphatic carbocycles. The molecule has 0 saturated carbocycles. The highest BCUT2D eigenvalue weighted by Gasteiger charge is 2.40. The molecule has 2 bridgehead atoms. The Labute approximate surface area is 176 Å². The Morgan fingerprint density at radius 1 is 1.10 bits per heavy atom. The van der Waals surface area contributed by atoms with E-state index < -0.39 is 0 Å². The second-order valence-corrected chi connectivity index (χ2v) is 8.93. The fraction of sp³-hybridized carbons (Fsp3) is 0.591. The van der Waals surface area contributed by atoms with Crippen molar-refractivity contribution in [2.45, 2.75) is 31.8 Å². The first kappa shape index (κ1) is 19.5. The molecular weight excluding hydrogens is 382 g/mol. The van der Waals surface area contributed by atoms with Crippen LogP contribution in [-0.2, 0) is 0 Å². The minimum absolute atomic E-state index is 0.105. The van der Waals surface area contributed by atoms with Crippen LogP contribution in [0.3, 0.4) is 0 Å². The molecule has 0 unspecified atom stereocenters. The lowest BCUT2D eigenvalue weighted by atomic mass is 9.79. The van der Waals surface area contributed by atoms with E-state index in [1.807, 2.05) is 4.90 Å². The molecule has 1 N–H and O–H groups in total. The van der Waals surface area contributed by atoms with Gasteiger partial charge in [0.1, 0.15) is 11.3 Å². The van der Waals surface area contributed by atoms with E-state index in [-0.39, 0.29) is 17.9 Å². The van der Waals surface area contributed by atoms with Crippen LogP contribution in [0.4, 0.5) is 0 Å². The van der Waals surface area contributed by atoms with Gasteiger partial charge in [0, 0.05) is 55.9 Å². The predicted octanol–water partition coefficient (Wildman–Crippen LogP) is 1.43. The minimum atomic E-state index is -0.175. The first-order chi connectivity index (χ1) is 14.5. The Kier molecular flexibility index (Phi) is 4.99. The number of piperazine rings is 1. The van der Waals surface area contributed by atoms with E-state index >= 15 is 0 Å². The molecule has 160 valence electrons. The molecule has 4 aliphatic rings. The summed E-state index contributed by atoms with van der Waals surface area (Å²) in [5.41, 5.74) is 0.855. The van der Waals surface area contributed by atoms with Crippen molar-refractivity contribution >= 4 is 22.8 Å². The van der Waals surface area contributed by atoms with E-state index in [0.29, 0.717) is 42.1 Å². The van der Waals surface area contributed by atoms with Gasteiger partial charge in [0.05, 0.1) is 0 Å². The molecule has 0 radical (unpaired) electrons. The molecule has 6 rings (SSSR count). The number of likely N-dealkylation sites (N-methyl/N-ethyl adjacent to an activating group) is 1. The van der Waals surface area contributed by atoms with Gasteiger partial charge in [-0.2, -0.15) is 0 Å². The minimum Gasteiger partial charge on any atom is -0.451 e. The Morgan fingerprint density at radius 2 is 1.83 bits per heavy atom. The van der Waals surface area contributed by atoms with Crippen molar-refractivity contribution in [3.8, 4) is 0 Å². The molecule has 0 aromatic carbocycles. The van der Waals surface area contributed by atoms with E-state index in [9.17, 15) is 9.59 Å². The summed E-state index contributed by atoms with van der Waals surface area (Å²) in [6.45, 7) is 7.53. The molecule has 8 nitrogen and oxygen atoms in total. The lowest BCUT2D eigenvalue weighted by Crippen LogP contribution is -2.62. The number of rotatable bonds is 3. The van der Waals surface area contributed by atoms with Crippen LogP contribution < -0.4 is 5.32 Å². The SMILES string of the molecule is C[C@H]1[C@H](NC(=O)c2cc3oc(C(=O)N4CCN(C)CC4)cc3cn2)C2CCN1CC2. The third kappa shape index (κ3) is 3.48. The van der Waals surface area contributed by atoms with Gasteiger partial charge in [-0.25, -0.2) is 0 Å². The van der Waals surface area contributed by atoms with E-state index in [1.165, 1.54) is 0 Å². The number of carbonyl (C=O) groups excluding carboxylic acids is 2. The number of carbonyl (C=O) groups is 2. The molecule has 0 spiro atoms. The van der Waals surface area contributed by atoms with Gasteiger partial charge in [-0.15, -0.1) is 0 Å². The van der Waals surface area contributed by atoms with Gasteiger partial charge < -0.3 is 19.5 Å². The van der Waals surface area contributed by atoms with Crippen molar-refractivity contribution < 1.29 is 14.0 Å². The number of aromatic nitrogens is 1. The molecule has 2 atom stereocenters. The lowest BCUT2D eigenvalue weighted by Gasteiger charge is -2.49. The highest BCUT2D eigenvalue weighted by molar-refractivity contribution is 5.98. The molecular formula is C22H29N5O3. The van der Waals surface area contributed by atoms with Crippen LogP contribution in [-0.4, -0.2) is 89.9 Å². The molecule has 8 heteroatoms. The Balaban J connectivity index is 1.31. The molecule has 4 saturated heterocycles. The van der Waals surface area contributed by atoms with Crippen molar-refractivity contribution in [2.24, 2.45) is 5.92 Å². The third-order valence-corrected chi connectivity index (χ3v) is 7.11. The van der Waals surface area contributed by atoms with Gasteiger partial charge in [-0.05, 0) is 51.9 Å². The monoisotopic (exact) mass is 411 g/mol. The van der Waals surface area contributed by atoms with Gasteiger partial charge >= 0.3 is 0 Å². The maximum Gasteiger partial charge on any atom is 0.289 e. The lowest BCUT2D eigenvalue weighted by molar-refractivity contribution is 0.0216. The maximum absolute atomic E-state index is 12.9. The first-order valence-electron chi connectivity index (χ1n) is 10.9. The van der Waals surface area contributed by atoms with Gasteiger partial charge in [0.2, 0.25) is 0 Å². The topological polar surface area (TPSA) is 81.9 Å². The van der Waals surface area contributed by atoms with E-state index in [0.717, 1.165) is 44.4 Å².